The Bertz CT molecular complexity index is 730. The zero-order valence-corrected chi connectivity index (χ0v) is 12.5. The number of nitrogens with one attached hydrogen (secondary N) is 1. The fraction of sp³-hybridized carbons (Fsp3) is 0.375. The molecule has 0 radical (unpaired) electrons. The number of hydrogen-bond acceptors (Lipinski definition) is 3. The zero-order valence-electron chi connectivity index (χ0n) is 12.5. The summed E-state index contributed by atoms with van der Waals surface area (Å²) in [5.74, 6) is -3.97. The van der Waals surface area contributed by atoms with Gasteiger partial charge in [0, 0.05) is 5.69 Å². The lowest BCUT2D eigenvalue weighted by Gasteiger charge is -2.27. The molecule has 4 atom stereocenters. The van der Waals surface area contributed by atoms with Gasteiger partial charge < -0.3 is 15.2 Å². The molecule has 0 spiro atoms. The maximum Gasteiger partial charge on any atom is 0.416 e. The number of carbonyl (C=O) groups excluding carboxylic acids is 1. The van der Waals surface area contributed by atoms with Gasteiger partial charge in [-0.1, -0.05) is 18.2 Å². The van der Waals surface area contributed by atoms with E-state index >= 15 is 0 Å². The van der Waals surface area contributed by atoms with E-state index in [1.807, 2.05) is 0 Å². The van der Waals surface area contributed by atoms with Crippen LogP contribution in [0.25, 0.3) is 0 Å². The quantitative estimate of drug-likeness (QED) is 0.829. The largest absolute Gasteiger partial charge is 0.481 e. The number of hydrogen-bond donors (Lipinski definition) is 2. The van der Waals surface area contributed by atoms with Crippen LogP contribution in [0.2, 0.25) is 0 Å². The second kappa shape index (κ2) is 5.34. The smallest absolute Gasteiger partial charge is 0.416 e. The van der Waals surface area contributed by atoms with Crippen molar-refractivity contribution < 1.29 is 32.6 Å². The number of aliphatic carboxylic acids is 1. The van der Waals surface area contributed by atoms with E-state index < -0.39 is 47.2 Å². The van der Waals surface area contributed by atoms with Crippen LogP contribution in [0.3, 0.4) is 0 Å². The van der Waals surface area contributed by atoms with Gasteiger partial charge in [0.05, 0.1) is 23.2 Å². The van der Waals surface area contributed by atoms with E-state index in [1.165, 1.54) is 12.1 Å². The van der Waals surface area contributed by atoms with Crippen LogP contribution in [-0.2, 0) is 20.5 Å². The van der Waals surface area contributed by atoms with E-state index in [4.69, 9.17) is 4.74 Å². The van der Waals surface area contributed by atoms with Crippen LogP contribution in [0.4, 0.5) is 18.9 Å². The highest BCUT2D eigenvalue weighted by atomic mass is 19.4. The highest BCUT2D eigenvalue weighted by Crippen LogP contribution is 2.47. The molecule has 0 aromatic heterocycles. The standard InChI is InChI=1S/C16H14F3NO4/c1-15-6-5-10(24-15)11(14(22)23)12(15)13(21)20-9-4-2-3-8(7-9)16(17,18)19/h2-7,10-12H,1H3,(H,20,21)(H,22,23)/t10-,11+,12-,15+/m1/s1. The molecule has 128 valence electrons. The first-order chi connectivity index (χ1) is 11.1. The summed E-state index contributed by atoms with van der Waals surface area (Å²) in [6, 6.07) is 4.18. The Hall–Kier alpha value is -2.35. The van der Waals surface area contributed by atoms with E-state index in [2.05, 4.69) is 5.32 Å². The number of carboxylic acids is 1. The third kappa shape index (κ3) is 2.66. The van der Waals surface area contributed by atoms with Crippen molar-refractivity contribution in [3.63, 3.8) is 0 Å². The average Bonchev–Trinajstić information content (AvgIpc) is 2.99. The molecular formula is C16H14F3NO4. The van der Waals surface area contributed by atoms with E-state index in [-0.39, 0.29) is 5.69 Å². The fourth-order valence-electron chi connectivity index (χ4n) is 3.27. The summed E-state index contributed by atoms with van der Waals surface area (Å²) >= 11 is 0. The molecule has 2 heterocycles. The highest BCUT2D eigenvalue weighted by Gasteiger charge is 2.59. The Kier molecular flexibility index (Phi) is 3.67. The Morgan fingerprint density at radius 3 is 2.67 bits per heavy atom. The van der Waals surface area contributed by atoms with Crippen LogP contribution >= 0.6 is 0 Å². The minimum atomic E-state index is -4.53. The fourth-order valence-corrected chi connectivity index (χ4v) is 3.27. The summed E-state index contributed by atoms with van der Waals surface area (Å²) in [6.07, 6.45) is -2.04. The Morgan fingerprint density at radius 2 is 2.04 bits per heavy atom. The monoisotopic (exact) mass is 341 g/mol. The Labute approximate surface area is 135 Å². The number of carboxylic acid groups (broad SMARTS) is 1. The first-order valence-corrected chi connectivity index (χ1v) is 7.20. The molecule has 2 aliphatic rings. The molecule has 5 nitrogen and oxygen atoms in total. The van der Waals surface area contributed by atoms with Gasteiger partial charge in [-0.15, -0.1) is 0 Å². The molecule has 24 heavy (non-hydrogen) atoms. The third-order valence-electron chi connectivity index (χ3n) is 4.36. The normalized spacial score (nSPS) is 31.2. The van der Waals surface area contributed by atoms with Crippen molar-refractivity contribution in [2.24, 2.45) is 11.8 Å². The number of fused-ring (bicyclic) bond motifs is 2. The SMILES string of the molecule is C[C@@]12C=C[C@@H](O1)[C@H](C(=O)O)[C@@H]2C(=O)Nc1cccc(C(F)(F)F)c1. The molecule has 2 aliphatic heterocycles. The molecule has 8 heteroatoms. The van der Waals surface area contributed by atoms with Gasteiger partial charge in [-0.25, -0.2) is 0 Å². The maximum atomic E-state index is 12.7. The lowest BCUT2D eigenvalue weighted by atomic mass is 9.75. The lowest BCUT2D eigenvalue weighted by Crippen LogP contribution is -2.44. The molecule has 1 aromatic carbocycles. The van der Waals surface area contributed by atoms with Crippen LogP contribution < -0.4 is 5.32 Å². The van der Waals surface area contributed by atoms with E-state index in [1.54, 1.807) is 19.1 Å². The maximum absolute atomic E-state index is 12.7. The predicted molar refractivity (Wildman–Crippen MR) is 77.1 cm³/mol. The molecule has 0 unspecified atom stereocenters. The van der Waals surface area contributed by atoms with Crippen LogP contribution in [-0.4, -0.2) is 28.7 Å². The molecule has 2 N–H and O–H groups in total. The number of alkyl halides is 3. The Balaban J connectivity index is 1.85. The van der Waals surface area contributed by atoms with Crippen molar-refractivity contribution in [1.29, 1.82) is 0 Å². The van der Waals surface area contributed by atoms with Crippen LogP contribution in [0.1, 0.15) is 12.5 Å². The average molecular weight is 341 g/mol. The highest BCUT2D eigenvalue weighted by molar-refractivity contribution is 5.97. The minimum absolute atomic E-state index is 0.0469. The van der Waals surface area contributed by atoms with Gasteiger partial charge in [0.1, 0.15) is 5.92 Å². The number of ether oxygens (including phenoxy) is 1. The lowest BCUT2D eigenvalue weighted by molar-refractivity contribution is -0.146. The van der Waals surface area contributed by atoms with Crippen molar-refractivity contribution in [3.05, 3.63) is 42.0 Å². The first-order valence-electron chi connectivity index (χ1n) is 7.20. The van der Waals surface area contributed by atoms with Crippen molar-refractivity contribution in [3.8, 4) is 0 Å². The van der Waals surface area contributed by atoms with Gasteiger partial charge in [-0.2, -0.15) is 13.2 Å². The summed E-state index contributed by atoms with van der Waals surface area (Å²) in [7, 11) is 0. The third-order valence-corrected chi connectivity index (χ3v) is 4.36. The molecule has 2 bridgehead atoms. The minimum Gasteiger partial charge on any atom is -0.481 e. The molecule has 1 fully saturated rings. The summed E-state index contributed by atoms with van der Waals surface area (Å²) in [5, 5.41) is 11.7. The number of halogens is 3. The van der Waals surface area contributed by atoms with Crippen LogP contribution in [0.15, 0.2) is 36.4 Å². The summed E-state index contributed by atoms with van der Waals surface area (Å²) in [5.41, 5.74) is -2.03. The number of benzene rings is 1. The zero-order chi connectivity index (χ0) is 17.7. The Morgan fingerprint density at radius 1 is 1.33 bits per heavy atom. The molecule has 3 rings (SSSR count). The van der Waals surface area contributed by atoms with E-state index in [9.17, 15) is 27.9 Å². The van der Waals surface area contributed by atoms with Crippen LogP contribution in [0, 0.1) is 11.8 Å². The summed E-state index contributed by atoms with van der Waals surface area (Å²) < 4.78 is 43.8. The van der Waals surface area contributed by atoms with Gasteiger partial charge in [-0.3, -0.25) is 9.59 Å². The summed E-state index contributed by atoms with van der Waals surface area (Å²) in [6.45, 7) is 1.59. The predicted octanol–water partition coefficient (Wildman–Crippen LogP) is 2.69. The molecule has 0 saturated carbocycles. The second-order valence-electron chi connectivity index (χ2n) is 6.03. The van der Waals surface area contributed by atoms with Gasteiger partial charge in [-0.05, 0) is 25.1 Å². The van der Waals surface area contributed by atoms with Crippen molar-refractivity contribution in [2.75, 3.05) is 5.32 Å². The van der Waals surface area contributed by atoms with Crippen molar-refractivity contribution >= 4 is 17.6 Å². The van der Waals surface area contributed by atoms with E-state index in [0.717, 1.165) is 12.1 Å². The number of carbonyl (C=O) groups is 2. The van der Waals surface area contributed by atoms with Crippen LogP contribution in [0.5, 0.6) is 0 Å². The van der Waals surface area contributed by atoms with Gasteiger partial charge in [0.25, 0.3) is 0 Å². The molecule has 1 amide bonds. The topological polar surface area (TPSA) is 75.6 Å². The number of amides is 1. The van der Waals surface area contributed by atoms with Crippen molar-refractivity contribution in [2.45, 2.75) is 24.8 Å². The summed E-state index contributed by atoms with van der Waals surface area (Å²) in [4.78, 5) is 24.0. The van der Waals surface area contributed by atoms with E-state index in [0.29, 0.717) is 0 Å². The molecular weight excluding hydrogens is 327 g/mol. The molecule has 1 saturated heterocycles. The van der Waals surface area contributed by atoms with Crippen molar-refractivity contribution in [1.82, 2.24) is 0 Å². The van der Waals surface area contributed by atoms with Gasteiger partial charge in [0.15, 0.2) is 0 Å². The van der Waals surface area contributed by atoms with Gasteiger partial charge in [0.2, 0.25) is 5.91 Å². The van der Waals surface area contributed by atoms with Gasteiger partial charge >= 0.3 is 12.1 Å². The molecule has 0 aliphatic carbocycles. The number of rotatable bonds is 3. The number of anilines is 1. The second-order valence-corrected chi connectivity index (χ2v) is 6.03. The first kappa shape index (κ1) is 16.5. The molecule has 1 aromatic rings.